The Hall–Kier alpha value is -3.06. The van der Waals surface area contributed by atoms with Crippen LogP contribution in [-0.2, 0) is 9.59 Å². The van der Waals surface area contributed by atoms with Crippen LogP contribution in [-0.4, -0.2) is 31.7 Å². The number of nitrogens with one attached hydrogen (secondary N) is 2. The maximum Gasteiger partial charge on any atom is 0.329 e. The van der Waals surface area contributed by atoms with Crippen molar-refractivity contribution in [1.29, 1.82) is 0 Å². The first-order valence-corrected chi connectivity index (χ1v) is 8.12. The van der Waals surface area contributed by atoms with Gasteiger partial charge in [-0.3, -0.25) is 9.59 Å². The number of rotatable bonds is 6. The monoisotopic (exact) mass is 375 g/mol. The Morgan fingerprint density at radius 3 is 2.50 bits per heavy atom. The van der Waals surface area contributed by atoms with E-state index in [9.17, 15) is 9.59 Å². The van der Waals surface area contributed by atoms with Crippen LogP contribution in [0.25, 0.3) is 0 Å². The van der Waals surface area contributed by atoms with Crippen molar-refractivity contribution in [3.63, 3.8) is 0 Å². The van der Waals surface area contributed by atoms with Gasteiger partial charge >= 0.3 is 11.8 Å². The Bertz CT molecular complexity index is 807. The van der Waals surface area contributed by atoms with E-state index in [0.29, 0.717) is 23.1 Å². The van der Waals surface area contributed by atoms with Gasteiger partial charge in [0.2, 0.25) is 0 Å². The largest absolute Gasteiger partial charge is 0.495 e. The van der Waals surface area contributed by atoms with Gasteiger partial charge in [-0.2, -0.15) is 5.10 Å². The summed E-state index contributed by atoms with van der Waals surface area (Å²) < 4.78 is 10.3. The summed E-state index contributed by atoms with van der Waals surface area (Å²) in [5.74, 6) is -0.561. The molecule has 2 aromatic rings. The zero-order valence-corrected chi connectivity index (χ0v) is 15.0. The van der Waals surface area contributed by atoms with Crippen molar-refractivity contribution in [3.8, 4) is 11.5 Å². The number of carbonyl (C=O) groups excluding carboxylic acids is 2. The summed E-state index contributed by atoms with van der Waals surface area (Å²) in [5.41, 5.74) is 3.27. The Labute approximate surface area is 155 Å². The van der Waals surface area contributed by atoms with Crippen LogP contribution >= 0.6 is 11.6 Å². The summed E-state index contributed by atoms with van der Waals surface area (Å²) in [6, 6.07) is 11.8. The molecule has 0 radical (unpaired) electrons. The highest BCUT2D eigenvalue weighted by Gasteiger charge is 2.13. The highest BCUT2D eigenvalue weighted by atomic mass is 35.5. The Balaban J connectivity index is 1.88. The zero-order valence-electron chi connectivity index (χ0n) is 14.3. The van der Waals surface area contributed by atoms with E-state index in [1.807, 2.05) is 6.92 Å². The molecule has 2 N–H and O–H groups in total. The first kappa shape index (κ1) is 19.3. The maximum absolute atomic E-state index is 11.8. The Kier molecular flexibility index (Phi) is 6.99. The number of anilines is 1. The maximum atomic E-state index is 11.8. The first-order chi connectivity index (χ1) is 12.5. The fraction of sp³-hybridized carbons (Fsp3) is 0.167. The number of hydrazone groups is 1. The van der Waals surface area contributed by atoms with Gasteiger partial charge in [0.15, 0.2) is 0 Å². The SMILES string of the molecule is CCOc1ccc(/C=N\NC(=O)C(=O)Nc2ccc(OC)c(Cl)c2)cc1. The number of methoxy groups -OCH3 is 1. The summed E-state index contributed by atoms with van der Waals surface area (Å²) in [7, 11) is 1.48. The van der Waals surface area contributed by atoms with E-state index in [2.05, 4.69) is 15.8 Å². The van der Waals surface area contributed by atoms with Gasteiger partial charge in [-0.25, -0.2) is 5.43 Å². The van der Waals surface area contributed by atoms with E-state index in [0.717, 1.165) is 11.3 Å². The van der Waals surface area contributed by atoms with E-state index in [1.165, 1.54) is 19.4 Å². The molecule has 0 spiro atoms. The van der Waals surface area contributed by atoms with Crippen molar-refractivity contribution in [1.82, 2.24) is 5.43 Å². The highest BCUT2D eigenvalue weighted by molar-refractivity contribution is 6.40. The standard InChI is InChI=1S/C18H18ClN3O4/c1-3-26-14-7-4-12(5-8-14)11-20-22-18(24)17(23)21-13-6-9-16(25-2)15(19)10-13/h4-11H,3H2,1-2H3,(H,21,23)(H,22,24)/b20-11-. The lowest BCUT2D eigenvalue weighted by Gasteiger charge is -2.07. The molecule has 0 aromatic heterocycles. The number of carbonyl (C=O) groups is 2. The van der Waals surface area contributed by atoms with Gasteiger partial charge in [0, 0.05) is 5.69 Å². The molecule has 0 atom stereocenters. The number of hydrogen-bond acceptors (Lipinski definition) is 5. The van der Waals surface area contributed by atoms with Gasteiger partial charge in [-0.1, -0.05) is 11.6 Å². The Morgan fingerprint density at radius 1 is 1.15 bits per heavy atom. The molecule has 0 aliphatic heterocycles. The number of benzene rings is 2. The van der Waals surface area contributed by atoms with E-state index in [1.54, 1.807) is 36.4 Å². The van der Waals surface area contributed by atoms with E-state index >= 15 is 0 Å². The van der Waals surface area contributed by atoms with Crippen LogP contribution in [0.2, 0.25) is 5.02 Å². The minimum atomic E-state index is -0.904. The van der Waals surface area contributed by atoms with Crippen molar-refractivity contribution >= 4 is 35.3 Å². The number of hydrogen-bond donors (Lipinski definition) is 2. The van der Waals surface area contributed by atoms with Gasteiger partial charge in [0.1, 0.15) is 11.5 Å². The second kappa shape index (κ2) is 9.43. The van der Waals surface area contributed by atoms with Crippen molar-refractivity contribution < 1.29 is 19.1 Å². The quantitative estimate of drug-likeness (QED) is 0.461. The molecule has 0 bridgehead atoms. The van der Waals surface area contributed by atoms with Crippen LogP contribution in [0.3, 0.4) is 0 Å². The van der Waals surface area contributed by atoms with Crippen LogP contribution in [0.5, 0.6) is 11.5 Å². The zero-order chi connectivity index (χ0) is 18.9. The first-order valence-electron chi connectivity index (χ1n) is 7.74. The second-order valence-electron chi connectivity index (χ2n) is 5.00. The molecular weight excluding hydrogens is 358 g/mol. The predicted molar refractivity (Wildman–Crippen MR) is 100.0 cm³/mol. The molecule has 136 valence electrons. The van der Waals surface area contributed by atoms with E-state index < -0.39 is 11.8 Å². The molecule has 26 heavy (non-hydrogen) atoms. The third-order valence-corrected chi connectivity index (χ3v) is 3.48. The molecule has 7 nitrogen and oxygen atoms in total. The highest BCUT2D eigenvalue weighted by Crippen LogP contribution is 2.27. The van der Waals surface area contributed by atoms with Crippen molar-refractivity contribution in [3.05, 3.63) is 53.1 Å². The van der Waals surface area contributed by atoms with Gasteiger partial charge < -0.3 is 14.8 Å². The normalized spacial score (nSPS) is 10.4. The summed E-state index contributed by atoms with van der Waals surface area (Å²) in [6.07, 6.45) is 1.42. The van der Waals surface area contributed by atoms with Gasteiger partial charge in [0.25, 0.3) is 0 Å². The van der Waals surface area contributed by atoms with E-state index in [4.69, 9.17) is 21.1 Å². The average Bonchev–Trinajstić information content (AvgIpc) is 2.63. The molecule has 2 amide bonds. The minimum Gasteiger partial charge on any atom is -0.495 e. The molecule has 0 heterocycles. The summed E-state index contributed by atoms with van der Waals surface area (Å²) in [6.45, 7) is 2.48. The van der Waals surface area contributed by atoms with E-state index in [-0.39, 0.29) is 0 Å². The van der Waals surface area contributed by atoms with Crippen LogP contribution in [0, 0.1) is 0 Å². The van der Waals surface area contributed by atoms with Crippen LogP contribution in [0.1, 0.15) is 12.5 Å². The molecule has 0 aliphatic rings. The fourth-order valence-corrected chi connectivity index (χ4v) is 2.22. The van der Waals surface area contributed by atoms with Crippen molar-refractivity contribution in [2.24, 2.45) is 5.10 Å². The van der Waals surface area contributed by atoms with Crippen molar-refractivity contribution in [2.45, 2.75) is 6.92 Å². The Morgan fingerprint density at radius 2 is 1.88 bits per heavy atom. The fourth-order valence-electron chi connectivity index (χ4n) is 1.96. The van der Waals surface area contributed by atoms with Crippen LogP contribution in [0.15, 0.2) is 47.6 Å². The molecular formula is C18H18ClN3O4. The van der Waals surface area contributed by atoms with Gasteiger partial charge in [-0.15, -0.1) is 0 Å². The summed E-state index contributed by atoms with van der Waals surface area (Å²) >= 11 is 5.97. The third kappa shape index (κ3) is 5.49. The van der Waals surface area contributed by atoms with Crippen molar-refractivity contribution in [2.75, 3.05) is 19.0 Å². The van der Waals surface area contributed by atoms with Gasteiger partial charge in [0.05, 0.1) is 25.0 Å². The number of amides is 2. The predicted octanol–water partition coefficient (Wildman–Crippen LogP) is 2.84. The molecule has 0 unspecified atom stereocenters. The van der Waals surface area contributed by atoms with Crippen LogP contribution < -0.4 is 20.2 Å². The molecule has 2 rings (SSSR count). The minimum absolute atomic E-state index is 0.319. The van der Waals surface area contributed by atoms with Gasteiger partial charge in [-0.05, 0) is 55.0 Å². The lowest BCUT2D eigenvalue weighted by atomic mass is 10.2. The lowest BCUT2D eigenvalue weighted by Crippen LogP contribution is -2.32. The topological polar surface area (TPSA) is 89.0 Å². The molecule has 0 aliphatic carbocycles. The third-order valence-electron chi connectivity index (χ3n) is 3.19. The number of ether oxygens (including phenoxy) is 2. The molecule has 0 saturated heterocycles. The lowest BCUT2D eigenvalue weighted by molar-refractivity contribution is -0.136. The molecule has 0 saturated carbocycles. The number of halogens is 1. The second-order valence-corrected chi connectivity index (χ2v) is 5.41. The summed E-state index contributed by atoms with van der Waals surface area (Å²) in [5, 5.41) is 6.49. The number of nitrogens with zero attached hydrogens (tertiary/aromatic N) is 1. The molecule has 8 heteroatoms. The average molecular weight is 376 g/mol. The van der Waals surface area contributed by atoms with Crippen LogP contribution in [0.4, 0.5) is 5.69 Å². The summed E-state index contributed by atoms with van der Waals surface area (Å²) in [4.78, 5) is 23.6. The molecule has 2 aromatic carbocycles. The molecule has 0 fully saturated rings. The smallest absolute Gasteiger partial charge is 0.329 e.